The average molecular weight is 186 g/mol. The van der Waals surface area contributed by atoms with Crippen molar-refractivity contribution in [3.63, 3.8) is 0 Å². The largest absolute Gasteiger partial charge is 0.309 e. The lowest BCUT2D eigenvalue weighted by molar-refractivity contribution is 0.127. The predicted molar refractivity (Wildman–Crippen MR) is 51.6 cm³/mol. The summed E-state index contributed by atoms with van der Waals surface area (Å²) in [6.07, 6.45) is 5.26. The summed E-state index contributed by atoms with van der Waals surface area (Å²) in [5.74, 6) is 0. The summed E-state index contributed by atoms with van der Waals surface area (Å²) in [7, 11) is 0. The number of alkyl halides is 1. The number of nitrogens with zero attached hydrogens (tertiary/aromatic N) is 1. The minimum atomic E-state index is -0.198. The number of hydrogen-bond donors (Lipinski definition) is 1. The second kappa shape index (κ2) is 3.93. The molecule has 0 radical (unpaired) electrons. The van der Waals surface area contributed by atoms with Crippen molar-refractivity contribution in [2.45, 2.75) is 31.2 Å². The van der Waals surface area contributed by atoms with Gasteiger partial charge in [-0.25, -0.2) is 4.39 Å². The molecule has 0 bridgehead atoms. The third-order valence-electron chi connectivity index (χ3n) is 3.42. The van der Waals surface area contributed by atoms with Crippen LogP contribution in [-0.2, 0) is 0 Å². The van der Waals surface area contributed by atoms with Crippen molar-refractivity contribution >= 4 is 0 Å². The first-order valence-electron chi connectivity index (χ1n) is 5.38. The van der Waals surface area contributed by atoms with Crippen LogP contribution in [-0.4, -0.2) is 43.3 Å². The van der Waals surface area contributed by atoms with Gasteiger partial charge >= 0.3 is 0 Å². The maximum Gasteiger partial charge on any atom is 0.102 e. The van der Waals surface area contributed by atoms with Crippen molar-refractivity contribution in [1.82, 2.24) is 10.2 Å². The first-order valence-corrected chi connectivity index (χ1v) is 5.38. The molecular weight excluding hydrogens is 167 g/mol. The Labute approximate surface area is 79.5 Å². The number of halogens is 1. The smallest absolute Gasteiger partial charge is 0.102 e. The molecule has 0 amide bonds. The molecule has 0 aromatic carbocycles. The van der Waals surface area contributed by atoms with Crippen molar-refractivity contribution < 1.29 is 4.39 Å². The summed E-state index contributed by atoms with van der Waals surface area (Å²) in [6.45, 7) is 3.56. The molecule has 13 heavy (non-hydrogen) atoms. The Morgan fingerprint density at radius 2 is 2.08 bits per heavy atom. The Morgan fingerprint density at radius 3 is 2.77 bits per heavy atom. The van der Waals surface area contributed by atoms with E-state index in [0.29, 0.717) is 12.1 Å². The highest BCUT2D eigenvalue weighted by molar-refractivity contribution is 4.97. The molecular formula is C10H19FN2. The zero-order valence-corrected chi connectivity index (χ0v) is 8.19. The second-order valence-electron chi connectivity index (χ2n) is 4.38. The van der Waals surface area contributed by atoms with E-state index in [1.54, 1.807) is 0 Å². The van der Waals surface area contributed by atoms with Crippen LogP contribution in [0.4, 0.5) is 4.39 Å². The zero-order chi connectivity index (χ0) is 9.15. The molecule has 2 aliphatic rings. The second-order valence-corrected chi connectivity index (χ2v) is 4.38. The van der Waals surface area contributed by atoms with Gasteiger partial charge in [0, 0.05) is 31.7 Å². The molecule has 0 aromatic rings. The summed E-state index contributed by atoms with van der Waals surface area (Å²) < 4.78 is 12.2. The van der Waals surface area contributed by atoms with Crippen LogP contribution in [0.3, 0.4) is 0 Å². The van der Waals surface area contributed by atoms with Gasteiger partial charge in [0.15, 0.2) is 0 Å². The first-order chi connectivity index (χ1) is 6.35. The molecule has 0 unspecified atom stereocenters. The highest BCUT2D eigenvalue weighted by Gasteiger charge is 2.37. The number of nitrogens with one attached hydrogen (secondary N) is 1. The highest BCUT2D eigenvalue weighted by Crippen LogP contribution is 2.31. The van der Waals surface area contributed by atoms with Gasteiger partial charge in [0.2, 0.25) is 0 Å². The lowest BCUT2D eigenvalue weighted by Crippen LogP contribution is -2.59. The summed E-state index contributed by atoms with van der Waals surface area (Å²) in [4.78, 5) is 2.27. The standard InChI is InChI=1S/C10H19FN2/c11-5-7-13-8-6-12-10(9-13)3-1-2-4-10/h12H,1-9H2. The van der Waals surface area contributed by atoms with E-state index in [1.165, 1.54) is 25.7 Å². The average Bonchev–Trinajstić information content (AvgIpc) is 2.54. The number of rotatable bonds is 2. The van der Waals surface area contributed by atoms with Crippen LogP contribution in [0, 0.1) is 0 Å². The Balaban J connectivity index is 1.90. The van der Waals surface area contributed by atoms with Crippen molar-refractivity contribution in [2.75, 3.05) is 32.9 Å². The quantitative estimate of drug-likeness (QED) is 0.696. The molecule has 1 spiro atoms. The van der Waals surface area contributed by atoms with Crippen molar-refractivity contribution in [1.29, 1.82) is 0 Å². The molecule has 2 rings (SSSR count). The molecule has 3 heteroatoms. The lowest BCUT2D eigenvalue weighted by atomic mass is 9.94. The van der Waals surface area contributed by atoms with Gasteiger partial charge in [-0.1, -0.05) is 12.8 Å². The summed E-state index contributed by atoms with van der Waals surface area (Å²) in [5, 5.41) is 3.62. The SMILES string of the molecule is FCCN1CCNC2(CCCC2)C1. The van der Waals surface area contributed by atoms with E-state index in [4.69, 9.17) is 0 Å². The molecule has 2 nitrogen and oxygen atoms in total. The third-order valence-corrected chi connectivity index (χ3v) is 3.42. The van der Waals surface area contributed by atoms with E-state index in [-0.39, 0.29) is 6.67 Å². The van der Waals surface area contributed by atoms with Crippen molar-refractivity contribution in [2.24, 2.45) is 0 Å². The van der Waals surface area contributed by atoms with Gasteiger partial charge in [-0.15, -0.1) is 0 Å². The molecule has 1 heterocycles. The van der Waals surface area contributed by atoms with E-state index < -0.39 is 0 Å². The Hall–Kier alpha value is -0.150. The first kappa shape index (κ1) is 9.41. The van der Waals surface area contributed by atoms with Crippen molar-refractivity contribution in [3.05, 3.63) is 0 Å². The van der Waals surface area contributed by atoms with Crippen LogP contribution in [0.25, 0.3) is 0 Å². The Kier molecular flexibility index (Phi) is 2.84. The molecule has 2 fully saturated rings. The van der Waals surface area contributed by atoms with E-state index >= 15 is 0 Å². The maximum atomic E-state index is 12.2. The van der Waals surface area contributed by atoms with E-state index in [1.807, 2.05) is 0 Å². The van der Waals surface area contributed by atoms with Gasteiger partial charge in [-0.05, 0) is 12.8 Å². The topological polar surface area (TPSA) is 15.3 Å². The number of piperazine rings is 1. The molecule has 1 saturated heterocycles. The van der Waals surface area contributed by atoms with Gasteiger partial charge in [0.1, 0.15) is 6.67 Å². The molecule has 1 aliphatic carbocycles. The summed E-state index contributed by atoms with van der Waals surface area (Å²) >= 11 is 0. The third kappa shape index (κ3) is 2.02. The van der Waals surface area contributed by atoms with E-state index in [2.05, 4.69) is 10.2 Å². The molecule has 1 aliphatic heterocycles. The Bertz CT molecular complexity index is 164. The van der Waals surface area contributed by atoms with Crippen LogP contribution >= 0.6 is 0 Å². The van der Waals surface area contributed by atoms with E-state index in [0.717, 1.165) is 19.6 Å². The number of hydrogen-bond acceptors (Lipinski definition) is 2. The van der Waals surface area contributed by atoms with Gasteiger partial charge in [0.05, 0.1) is 0 Å². The van der Waals surface area contributed by atoms with Crippen LogP contribution in [0.5, 0.6) is 0 Å². The normalized spacial score (nSPS) is 28.4. The van der Waals surface area contributed by atoms with Gasteiger partial charge < -0.3 is 5.32 Å². The highest BCUT2D eigenvalue weighted by atomic mass is 19.1. The van der Waals surface area contributed by atoms with Gasteiger partial charge in [-0.3, -0.25) is 4.90 Å². The van der Waals surface area contributed by atoms with Crippen LogP contribution in [0.1, 0.15) is 25.7 Å². The molecule has 1 N–H and O–H groups in total. The molecule has 0 aromatic heterocycles. The minimum Gasteiger partial charge on any atom is -0.309 e. The minimum absolute atomic E-state index is 0.198. The lowest BCUT2D eigenvalue weighted by Gasteiger charge is -2.41. The predicted octanol–water partition coefficient (Wildman–Crippen LogP) is 1.17. The fraction of sp³-hybridized carbons (Fsp3) is 1.00. The Morgan fingerprint density at radius 1 is 1.31 bits per heavy atom. The fourth-order valence-corrected chi connectivity index (χ4v) is 2.74. The maximum absolute atomic E-state index is 12.2. The summed E-state index contributed by atoms with van der Waals surface area (Å²) in [6, 6.07) is 0. The molecule has 76 valence electrons. The van der Waals surface area contributed by atoms with Crippen LogP contribution in [0.2, 0.25) is 0 Å². The monoisotopic (exact) mass is 186 g/mol. The van der Waals surface area contributed by atoms with Gasteiger partial charge in [0.25, 0.3) is 0 Å². The zero-order valence-electron chi connectivity index (χ0n) is 8.19. The van der Waals surface area contributed by atoms with E-state index in [9.17, 15) is 4.39 Å². The van der Waals surface area contributed by atoms with Gasteiger partial charge in [-0.2, -0.15) is 0 Å². The van der Waals surface area contributed by atoms with Crippen LogP contribution < -0.4 is 5.32 Å². The molecule has 1 saturated carbocycles. The summed E-state index contributed by atoms with van der Waals surface area (Å²) in [5.41, 5.74) is 0.355. The fourth-order valence-electron chi connectivity index (χ4n) is 2.74. The van der Waals surface area contributed by atoms with Crippen molar-refractivity contribution in [3.8, 4) is 0 Å². The molecule has 0 atom stereocenters. The van der Waals surface area contributed by atoms with Crippen LogP contribution in [0.15, 0.2) is 0 Å².